The van der Waals surface area contributed by atoms with Gasteiger partial charge in [-0.3, -0.25) is 4.79 Å². The van der Waals surface area contributed by atoms with Gasteiger partial charge in [-0.25, -0.2) is 12.7 Å². The lowest BCUT2D eigenvalue weighted by Gasteiger charge is -2.37. The Morgan fingerprint density at radius 3 is 2.58 bits per heavy atom. The molecular formula is C18H22ClNO3S. The third-order valence-electron chi connectivity index (χ3n) is 6.93. The van der Waals surface area contributed by atoms with Crippen LogP contribution in [0, 0.1) is 16.7 Å². The number of carbonyl (C=O) groups is 1. The van der Waals surface area contributed by atoms with Crippen LogP contribution in [0.25, 0.3) is 0 Å². The number of sulfonamides is 1. The third kappa shape index (κ3) is 2.03. The average Bonchev–Trinajstić information content (AvgIpc) is 2.96. The minimum atomic E-state index is -3.53. The average molecular weight is 368 g/mol. The fourth-order valence-electron chi connectivity index (χ4n) is 5.47. The van der Waals surface area contributed by atoms with Gasteiger partial charge >= 0.3 is 0 Å². The zero-order chi connectivity index (χ0) is 17.3. The molecule has 1 aromatic carbocycles. The van der Waals surface area contributed by atoms with Gasteiger partial charge in [-0.1, -0.05) is 37.6 Å². The molecule has 3 aliphatic rings. The van der Waals surface area contributed by atoms with E-state index in [9.17, 15) is 13.2 Å². The van der Waals surface area contributed by atoms with Crippen molar-refractivity contribution in [3.05, 3.63) is 34.9 Å². The first kappa shape index (κ1) is 16.4. The predicted molar refractivity (Wildman–Crippen MR) is 93.1 cm³/mol. The number of carbonyl (C=O) groups excluding carboxylic acids is 1. The molecule has 4 nitrogen and oxygen atoms in total. The summed E-state index contributed by atoms with van der Waals surface area (Å²) in [6.45, 7) is 4.38. The molecule has 1 aromatic rings. The Kier molecular flexibility index (Phi) is 3.40. The van der Waals surface area contributed by atoms with Gasteiger partial charge in [0, 0.05) is 10.4 Å². The monoisotopic (exact) mass is 367 g/mol. The Hall–Kier alpha value is -1.07. The van der Waals surface area contributed by atoms with E-state index in [0.29, 0.717) is 10.9 Å². The Balaban J connectivity index is 1.66. The van der Waals surface area contributed by atoms with Crippen LogP contribution < -0.4 is 0 Å². The summed E-state index contributed by atoms with van der Waals surface area (Å²) in [6.07, 6.45) is 2.92. The molecule has 2 saturated carbocycles. The van der Waals surface area contributed by atoms with Crippen molar-refractivity contribution in [3.8, 4) is 0 Å². The first-order valence-electron chi connectivity index (χ1n) is 8.47. The first-order valence-corrected chi connectivity index (χ1v) is 10.5. The summed E-state index contributed by atoms with van der Waals surface area (Å²) in [7, 11) is -3.53. The molecule has 1 heterocycles. The van der Waals surface area contributed by atoms with E-state index in [4.69, 9.17) is 11.6 Å². The highest BCUT2D eigenvalue weighted by Gasteiger charge is 2.72. The maximum absolute atomic E-state index is 12.9. The number of hydrogen-bond donors (Lipinski definition) is 0. The molecule has 1 aliphatic heterocycles. The second-order valence-corrected chi connectivity index (χ2v) is 10.4. The van der Waals surface area contributed by atoms with Crippen molar-refractivity contribution in [3.63, 3.8) is 0 Å². The highest BCUT2D eigenvalue weighted by atomic mass is 35.5. The smallest absolute Gasteiger partial charge is 0.240 e. The van der Waals surface area contributed by atoms with Crippen molar-refractivity contribution in [1.29, 1.82) is 0 Å². The molecule has 3 unspecified atom stereocenters. The van der Waals surface area contributed by atoms with Crippen molar-refractivity contribution in [2.45, 2.75) is 45.6 Å². The van der Waals surface area contributed by atoms with E-state index in [1.54, 1.807) is 24.3 Å². The summed E-state index contributed by atoms with van der Waals surface area (Å²) in [6, 6.07) is 6.86. The Morgan fingerprint density at radius 2 is 1.96 bits per heavy atom. The highest BCUT2D eigenvalue weighted by molar-refractivity contribution is 7.90. The Labute approximate surface area is 148 Å². The van der Waals surface area contributed by atoms with Crippen LogP contribution in [0.1, 0.15) is 38.7 Å². The van der Waals surface area contributed by atoms with E-state index < -0.39 is 10.0 Å². The molecule has 2 aliphatic carbocycles. The molecule has 1 amide bonds. The van der Waals surface area contributed by atoms with Crippen LogP contribution in [-0.2, 0) is 21.2 Å². The maximum Gasteiger partial charge on any atom is 0.240 e. The zero-order valence-corrected chi connectivity index (χ0v) is 15.5. The summed E-state index contributed by atoms with van der Waals surface area (Å²) in [5.41, 5.74) is 0.523. The number of halogens is 1. The van der Waals surface area contributed by atoms with Crippen LogP contribution in [0.15, 0.2) is 24.3 Å². The summed E-state index contributed by atoms with van der Waals surface area (Å²) in [4.78, 5) is 12.9. The van der Waals surface area contributed by atoms with Gasteiger partial charge in [-0.05, 0) is 48.3 Å². The van der Waals surface area contributed by atoms with Crippen LogP contribution in [0.3, 0.4) is 0 Å². The topological polar surface area (TPSA) is 54.5 Å². The van der Waals surface area contributed by atoms with Gasteiger partial charge in [0.15, 0.2) is 0 Å². The number of benzene rings is 1. The van der Waals surface area contributed by atoms with Crippen molar-refractivity contribution < 1.29 is 13.2 Å². The Morgan fingerprint density at radius 1 is 1.29 bits per heavy atom. The van der Waals surface area contributed by atoms with E-state index in [0.717, 1.165) is 24.8 Å². The lowest BCUT2D eigenvalue weighted by atomic mass is 9.69. The second kappa shape index (κ2) is 4.98. The maximum atomic E-state index is 12.9. The van der Waals surface area contributed by atoms with Crippen molar-refractivity contribution in [1.82, 2.24) is 4.31 Å². The molecule has 24 heavy (non-hydrogen) atoms. The van der Waals surface area contributed by atoms with Gasteiger partial charge < -0.3 is 0 Å². The van der Waals surface area contributed by atoms with Gasteiger partial charge in [-0.2, -0.15) is 0 Å². The SMILES string of the molecule is CC1(C)C2CCC13CS(=O)(=O)N(C(=O)Cc1ccc(Cl)cc1)C3C2. The van der Waals surface area contributed by atoms with Gasteiger partial charge in [0.1, 0.15) is 0 Å². The summed E-state index contributed by atoms with van der Waals surface area (Å²) in [5.74, 6) is 0.340. The molecule has 2 bridgehead atoms. The number of nitrogens with zero attached hydrogens (tertiary/aromatic N) is 1. The van der Waals surface area contributed by atoms with E-state index in [1.807, 2.05) is 0 Å². The largest absolute Gasteiger partial charge is 0.273 e. The van der Waals surface area contributed by atoms with Gasteiger partial charge in [0.05, 0.1) is 18.2 Å². The molecule has 1 spiro atoms. The standard InChI is InChI=1S/C18H22ClNO3S/c1-17(2)13-7-8-18(17)11-24(22,23)20(15(18)10-13)16(21)9-12-3-5-14(19)6-4-12/h3-6,13,15H,7-11H2,1-2H3. The zero-order valence-electron chi connectivity index (χ0n) is 14.0. The van der Waals surface area contributed by atoms with Crippen molar-refractivity contribution in [2.24, 2.45) is 16.7 Å². The van der Waals surface area contributed by atoms with E-state index >= 15 is 0 Å². The first-order chi connectivity index (χ1) is 11.2. The normalized spacial score (nSPS) is 35.2. The van der Waals surface area contributed by atoms with Crippen LogP contribution in [0.5, 0.6) is 0 Å². The van der Waals surface area contributed by atoms with Crippen molar-refractivity contribution in [2.75, 3.05) is 5.75 Å². The van der Waals surface area contributed by atoms with Crippen LogP contribution in [-0.4, -0.2) is 30.4 Å². The van der Waals surface area contributed by atoms with E-state index in [1.165, 1.54) is 4.31 Å². The lowest BCUT2D eigenvalue weighted by Crippen LogP contribution is -2.44. The molecule has 1 saturated heterocycles. The molecule has 0 radical (unpaired) electrons. The number of rotatable bonds is 2. The molecule has 3 atom stereocenters. The highest BCUT2D eigenvalue weighted by Crippen LogP contribution is 2.69. The molecule has 3 fully saturated rings. The number of amides is 1. The number of hydrogen-bond acceptors (Lipinski definition) is 3. The van der Waals surface area contributed by atoms with Gasteiger partial charge in [-0.15, -0.1) is 0 Å². The minimum absolute atomic E-state index is 0.0139. The fourth-order valence-corrected chi connectivity index (χ4v) is 8.15. The van der Waals surface area contributed by atoms with Gasteiger partial charge in [0.25, 0.3) is 0 Å². The molecule has 6 heteroatoms. The van der Waals surface area contributed by atoms with E-state index in [2.05, 4.69) is 13.8 Å². The quantitative estimate of drug-likeness (QED) is 0.806. The van der Waals surface area contributed by atoms with Crippen LogP contribution in [0.2, 0.25) is 5.02 Å². The Bertz CT molecular complexity index is 802. The van der Waals surface area contributed by atoms with Crippen molar-refractivity contribution >= 4 is 27.5 Å². The molecule has 0 N–H and O–H groups in total. The summed E-state index contributed by atoms with van der Waals surface area (Å²) >= 11 is 5.88. The lowest BCUT2D eigenvalue weighted by molar-refractivity contribution is -0.128. The van der Waals surface area contributed by atoms with Crippen LogP contribution in [0.4, 0.5) is 0 Å². The van der Waals surface area contributed by atoms with E-state index in [-0.39, 0.29) is 35.0 Å². The van der Waals surface area contributed by atoms with Crippen LogP contribution >= 0.6 is 11.6 Å². The third-order valence-corrected chi connectivity index (χ3v) is 9.11. The molecule has 4 rings (SSSR count). The minimum Gasteiger partial charge on any atom is -0.273 e. The molecule has 0 aromatic heterocycles. The molecule has 130 valence electrons. The van der Waals surface area contributed by atoms with Gasteiger partial charge in [0.2, 0.25) is 15.9 Å². The second-order valence-electron chi connectivity index (χ2n) is 8.11. The number of fused-ring (bicyclic) bond motifs is 1. The predicted octanol–water partition coefficient (Wildman–Crippen LogP) is 3.25. The summed E-state index contributed by atoms with van der Waals surface area (Å²) in [5, 5.41) is 0.605. The summed E-state index contributed by atoms with van der Waals surface area (Å²) < 4.78 is 26.9. The fraction of sp³-hybridized carbons (Fsp3) is 0.611. The molecular weight excluding hydrogens is 346 g/mol.